The summed E-state index contributed by atoms with van der Waals surface area (Å²) >= 11 is 1.70. The van der Waals surface area contributed by atoms with E-state index in [2.05, 4.69) is 44.2 Å². The van der Waals surface area contributed by atoms with Crippen LogP contribution in [0.1, 0.15) is 47.8 Å². The van der Waals surface area contributed by atoms with Crippen molar-refractivity contribution in [1.29, 1.82) is 0 Å². The highest BCUT2D eigenvalue weighted by atomic mass is 32.1. The molecule has 7 nitrogen and oxygen atoms in total. The van der Waals surface area contributed by atoms with Gasteiger partial charge in [-0.05, 0) is 72.8 Å². The monoisotopic (exact) mass is 522 g/mol. The Kier molecular flexibility index (Phi) is 5.62. The third kappa shape index (κ3) is 3.83. The van der Waals surface area contributed by atoms with E-state index in [1.165, 1.54) is 38.4 Å². The van der Waals surface area contributed by atoms with Gasteiger partial charge in [-0.25, -0.2) is 14.8 Å². The zero-order valence-corrected chi connectivity index (χ0v) is 21.8. The zero-order valence-electron chi connectivity index (χ0n) is 21.0. The van der Waals surface area contributed by atoms with Crippen molar-refractivity contribution in [2.45, 2.75) is 38.3 Å². The van der Waals surface area contributed by atoms with Gasteiger partial charge in [0.1, 0.15) is 17.4 Å². The van der Waals surface area contributed by atoms with Crippen LogP contribution in [-0.2, 0) is 11.3 Å². The summed E-state index contributed by atoms with van der Waals surface area (Å²) in [5, 5.41) is 4.29. The molecular formula is C30H26N4O3S. The molecule has 2 aromatic carbocycles. The average molecular weight is 523 g/mol. The number of carbonyl (C=O) groups is 1. The molecule has 0 amide bonds. The Morgan fingerprint density at radius 3 is 2.58 bits per heavy atom. The number of ether oxygens (including phenoxy) is 1. The molecule has 0 saturated heterocycles. The summed E-state index contributed by atoms with van der Waals surface area (Å²) in [5.41, 5.74) is 6.36. The fraction of sp³-hybridized carbons (Fsp3) is 0.233. The highest BCUT2D eigenvalue weighted by Crippen LogP contribution is 2.38. The molecule has 1 aliphatic rings. The van der Waals surface area contributed by atoms with E-state index in [0.717, 1.165) is 45.0 Å². The highest BCUT2D eigenvalue weighted by Gasteiger charge is 2.24. The quantitative estimate of drug-likeness (QED) is 0.214. The summed E-state index contributed by atoms with van der Waals surface area (Å²) in [6, 6.07) is 18.4. The molecule has 1 fully saturated rings. The van der Waals surface area contributed by atoms with E-state index in [-0.39, 0.29) is 5.97 Å². The maximum absolute atomic E-state index is 12.2. The lowest BCUT2D eigenvalue weighted by Crippen LogP contribution is -2.06. The molecule has 0 unspecified atom stereocenters. The molecule has 1 aliphatic carbocycles. The molecule has 6 aromatic rings. The normalized spacial score (nSPS) is 14.1. The number of hydrogen-bond donors (Lipinski definition) is 0. The number of benzene rings is 2. The second kappa shape index (κ2) is 9.29. The van der Waals surface area contributed by atoms with Crippen LogP contribution in [0.25, 0.3) is 44.8 Å². The first-order valence-corrected chi connectivity index (χ1v) is 13.8. The molecular weight excluding hydrogens is 496 g/mol. The third-order valence-corrected chi connectivity index (χ3v) is 8.16. The SMILES string of the molecule is COC(=O)c1ccc2c(c1)nc(-c1ccc3c(c1)nc(-c1ccsc1)n3C1CCCC1)n2Cc1ccco1. The van der Waals surface area contributed by atoms with Crippen molar-refractivity contribution >= 4 is 39.4 Å². The van der Waals surface area contributed by atoms with E-state index in [1.807, 2.05) is 18.2 Å². The molecule has 4 heterocycles. The van der Waals surface area contributed by atoms with Crippen molar-refractivity contribution in [1.82, 2.24) is 19.1 Å². The largest absolute Gasteiger partial charge is 0.467 e. The van der Waals surface area contributed by atoms with Gasteiger partial charge in [0.25, 0.3) is 0 Å². The lowest BCUT2D eigenvalue weighted by Gasteiger charge is -2.16. The van der Waals surface area contributed by atoms with E-state index in [9.17, 15) is 4.79 Å². The number of fused-ring (bicyclic) bond motifs is 2. The Labute approximate surface area is 223 Å². The predicted octanol–water partition coefficient (Wildman–Crippen LogP) is 7.32. The van der Waals surface area contributed by atoms with E-state index >= 15 is 0 Å². The number of methoxy groups -OCH3 is 1. The summed E-state index contributed by atoms with van der Waals surface area (Å²) in [7, 11) is 1.39. The van der Waals surface area contributed by atoms with Crippen molar-refractivity contribution in [2.24, 2.45) is 0 Å². The van der Waals surface area contributed by atoms with Crippen LogP contribution in [0, 0.1) is 0 Å². The molecule has 0 aliphatic heterocycles. The van der Waals surface area contributed by atoms with E-state index in [1.54, 1.807) is 29.7 Å². The van der Waals surface area contributed by atoms with Gasteiger partial charge >= 0.3 is 5.97 Å². The van der Waals surface area contributed by atoms with Crippen LogP contribution in [0.3, 0.4) is 0 Å². The number of aromatic nitrogens is 4. The summed E-state index contributed by atoms with van der Waals surface area (Å²) in [6.45, 7) is 0.519. The van der Waals surface area contributed by atoms with Gasteiger partial charge < -0.3 is 18.3 Å². The minimum absolute atomic E-state index is 0.381. The number of hydrogen-bond acceptors (Lipinski definition) is 6. The number of furan rings is 1. The molecule has 7 rings (SSSR count). The average Bonchev–Trinajstić information content (AvgIpc) is 3.77. The number of nitrogens with zero attached hydrogens (tertiary/aromatic N) is 4. The molecule has 0 N–H and O–H groups in total. The molecule has 190 valence electrons. The maximum atomic E-state index is 12.2. The van der Waals surface area contributed by atoms with Crippen LogP contribution in [0.5, 0.6) is 0 Å². The summed E-state index contributed by atoms with van der Waals surface area (Å²) < 4.78 is 15.2. The lowest BCUT2D eigenvalue weighted by atomic mass is 10.1. The van der Waals surface area contributed by atoms with Crippen LogP contribution >= 0.6 is 11.3 Å². The van der Waals surface area contributed by atoms with Gasteiger partial charge in [-0.2, -0.15) is 11.3 Å². The maximum Gasteiger partial charge on any atom is 0.337 e. The number of thiophene rings is 1. The number of esters is 1. The smallest absolute Gasteiger partial charge is 0.337 e. The second-order valence-corrected chi connectivity index (χ2v) is 10.5. The minimum Gasteiger partial charge on any atom is -0.467 e. The number of carbonyl (C=O) groups excluding carboxylic acids is 1. The molecule has 0 atom stereocenters. The first kappa shape index (κ1) is 23.0. The van der Waals surface area contributed by atoms with Crippen LogP contribution < -0.4 is 0 Å². The molecule has 8 heteroatoms. The van der Waals surface area contributed by atoms with Gasteiger partial charge in [-0.15, -0.1) is 0 Å². The highest BCUT2D eigenvalue weighted by molar-refractivity contribution is 7.08. The second-order valence-electron chi connectivity index (χ2n) is 9.76. The van der Waals surface area contributed by atoms with Gasteiger partial charge in [0.2, 0.25) is 0 Å². The van der Waals surface area contributed by atoms with Crippen molar-refractivity contribution in [2.75, 3.05) is 7.11 Å². The number of imidazole rings is 2. The topological polar surface area (TPSA) is 75.1 Å². The first-order valence-electron chi connectivity index (χ1n) is 12.9. The Balaban J connectivity index is 1.40. The van der Waals surface area contributed by atoms with Crippen molar-refractivity contribution in [3.8, 4) is 22.8 Å². The fourth-order valence-electron chi connectivity index (χ4n) is 5.68. The molecule has 4 aromatic heterocycles. The van der Waals surface area contributed by atoms with E-state index < -0.39 is 0 Å². The summed E-state index contributed by atoms with van der Waals surface area (Å²) in [4.78, 5) is 22.3. The van der Waals surface area contributed by atoms with Gasteiger partial charge in [0.05, 0.1) is 47.5 Å². The fourth-order valence-corrected chi connectivity index (χ4v) is 6.31. The van der Waals surface area contributed by atoms with Crippen LogP contribution in [0.15, 0.2) is 76.0 Å². The lowest BCUT2D eigenvalue weighted by molar-refractivity contribution is 0.0601. The van der Waals surface area contributed by atoms with Crippen molar-refractivity contribution in [3.05, 3.63) is 82.9 Å². The van der Waals surface area contributed by atoms with Crippen LogP contribution in [0.4, 0.5) is 0 Å². The van der Waals surface area contributed by atoms with Crippen molar-refractivity contribution < 1.29 is 13.9 Å². The summed E-state index contributed by atoms with van der Waals surface area (Å²) in [5.74, 6) is 2.28. The van der Waals surface area contributed by atoms with E-state index in [4.69, 9.17) is 19.1 Å². The Morgan fingerprint density at radius 1 is 1.00 bits per heavy atom. The summed E-state index contributed by atoms with van der Waals surface area (Å²) in [6.07, 6.45) is 6.57. The van der Waals surface area contributed by atoms with Gasteiger partial charge in [-0.3, -0.25) is 0 Å². The predicted molar refractivity (Wildman–Crippen MR) is 148 cm³/mol. The first-order chi connectivity index (χ1) is 18.7. The molecule has 0 spiro atoms. The van der Waals surface area contributed by atoms with E-state index in [0.29, 0.717) is 18.2 Å². The van der Waals surface area contributed by atoms with Gasteiger partial charge in [0, 0.05) is 22.5 Å². The van der Waals surface area contributed by atoms with Crippen LogP contribution in [0.2, 0.25) is 0 Å². The number of rotatable bonds is 6. The van der Waals surface area contributed by atoms with Crippen LogP contribution in [-0.4, -0.2) is 32.2 Å². The van der Waals surface area contributed by atoms with Gasteiger partial charge in [0.15, 0.2) is 0 Å². The molecule has 38 heavy (non-hydrogen) atoms. The Morgan fingerprint density at radius 2 is 1.82 bits per heavy atom. The van der Waals surface area contributed by atoms with Crippen molar-refractivity contribution in [3.63, 3.8) is 0 Å². The molecule has 1 saturated carbocycles. The molecule has 0 radical (unpaired) electrons. The minimum atomic E-state index is -0.381. The standard InChI is InChI=1S/C30H26N4O3S/c1-36-30(35)20-9-10-26-24(16-20)31-28(33(26)17-23-7-4-13-37-23)19-8-11-27-25(15-19)32-29(21-12-14-38-18-21)34(27)22-5-2-3-6-22/h4,7-16,18,22H,2-3,5-6,17H2,1H3. The zero-order chi connectivity index (χ0) is 25.6. The third-order valence-electron chi connectivity index (χ3n) is 7.48. The Bertz CT molecular complexity index is 1760. The molecule has 0 bridgehead atoms. The Hall–Kier alpha value is -4.17. The van der Waals surface area contributed by atoms with Gasteiger partial charge in [-0.1, -0.05) is 12.8 Å².